The minimum Gasteiger partial charge on any atom is -0.465 e. The van der Waals surface area contributed by atoms with Crippen LogP contribution in [0.4, 0.5) is 11.4 Å². The molecule has 0 fully saturated rings. The summed E-state index contributed by atoms with van der Waals surface area (Å²) in [6.07, 6.45) is 0. The molecule has 1 heterocycles. The van der Waals surface area contributed by atoms with Gasteiger partial charge in [-0.2, -0.15) is 0 Å². The van der Waals surface area contributed by atoms with Crippen molar-refractivity contribution in [2.75, 3.05) is 12.0 Å². The molecule has 0 bridgehead atoms. The lowest BCUT2D eigenvalue weighted by molar-refractivity contribution is -0.113. The number of Topliss-reactive ketones (excluding diaryl/α,β-unsaturated/α-hetero) is 1. The van der Waals surface area contributed by atoms with E-state index in [0.717, 1.165) is 0 Å². The van der Waals surface area contributed by atoms with Crippen molar-refractivity contribution < 1.29 is 19.1 Å². The average Bonchev–Trinajstić information content (AvgIpc) is 2.78. The number of hydrogen-bond acceptors (Lipinski definition) is 4. The first kappa shape index (κ1) is 13.1. The van der Waals surface area contributed by atoms with E-state index in [1.54, 1.807) is 48.5 Å². The summed E-state index contributed by atoms with van der Waals surface area (Å²) in [6.45, 7) is 0. The van der Waals surface area contributed by atoms with Crippen molar-refractivity contribution in [3.8, 4) is 0 Å². The molecule has 1 amide bonds. The minimum absolute atomic E-state index is 0.234. The SMILES string of the molecule is COC(=O)c1ccccc1N1C(=O)C(=O)c2ccccc21. The fraction of sp³-hybridized carbons (Fsp3) is 0.0625. The maximum Gasteiger partial charge on any atom is 0.339 e. The third kappa shape index (κ3) is 1.90. The highest BCUT2D eigenvalue weighted by Crippen LogP contribution is 2.36. The first-order valence-electron chi connectivity index (χ1n) is 6.30. The molecule has 3 rings (SSSR count). The number of benzene rings is 2. The fourth-order valence-corrected chi connectivity index (χ4v) is 2.38. The third-order valence-electron chi connectivity index (χ3n) is 3.34. The predicted octanol–water partition coefficient (Wildman–Crippen LogP) is 2.33. The van der Waals surface area contributed by atoms with Gasteiger partial charge in [-0.05, 0) is 24.3 Å². The monoisotopic (exact) mass is 281 g/mol. The lowest BCUT2D eigenvalue weighted by Gasteiger charge is -2.19. The summed E-state index contributed by atoms with van der Waals surface area (Å²) >= 11 is 0. The Morgan fingerprint density at radius 1 is 0.952 bits per heavy atom. The van der Waals surface area contributed by atoms with Gasteiger partial charge in [0, 0.05) is 0 Å². The molecule has 5 heteroatoms. The van der Waals surface area contributed by atoms with Crippen LogP contribution in [0.1, 0.15) is 20.7 Å². The van der Waals surface area contributed by atoms with E-state index >= 15 is 0 Å². The van der Waals surface area contributed by atoms with Gasteiger partial charge in [-0.1, -0.05) is 24.3 Å². The number of methoxy groups -OCH3 is 1. The largest absolute Gasteiger partial charge is 0.465 e. The topological polar surface area (TPSA) is 63.7 Å². The van der Waals surface area contributed by atoms with Crippen LogP contribution in [-0.4, -0.2) is 24.8 Å². The van der Waals surface area contributed by atoms with Gasteiger partial charge in [0.2, 0.25) is 0 Å². The van der Waals surface area contributed by atoms with E-state index in [-0.39, 0.29) is 5.56 Å². The maximum absolute atomic E-state index is 12.3. The first-order chi connectivity index (χ1) is 10.1. The standard InChI is InChI=1S/C16H11NO4/c1-21-16(20)11-7-3-5-9-13(11)17-12-8-4-2-6-10(12)14(18)15(17)19/h2-9H,1H3. The zero-order valence-electron chi connectivity index (χ0n) is 11.2. The number of ether oxygens (including phenoxy) is 1. The zero-order valence-corrected chi connectivity index (χ0v) is 11.2. The van der Waals surface area contributed by atoms with Gasteiger partial charge in [-0.25, -0.2) is 4.79 Å². The highest BCUT2D eigenvalue weighted by molar-refractivity contribution is 6.53. The van der Waals surface area contributed by atoms with Crippen molar-refractivity contribution in [1.82, 2.24) is 0 Å². The second kappa shape index (κ2) is 4.86. The molecule has 2 aromatic rings. The molecule has 5 nitrogen and oxygen atoms in total. The summed E-state index contributed by atoms with van der Waals surface area (Å²) in [5.74, 6) is -1.81. The van der Waals surface area contributed by atoms with Crippen LogP contribution in [-0.2, 0) is 9.53 Å². The Labute approximate surface area is 120 Å². The predicted molar refractivity (Wildman–Crippen MR) is 75.7 cm³/mol. The molecule has 0 unspecified atom stereocenters. The van der Waals surface area contributed by atoms with Gasteiger partial charge in [0.1, 0.15) is 0 Å². The molecule has 0 saturated carbocycles. The van der Waals surface area contributed by atoms with Crippen LogP contribution in [0, 0.1) is 0 Å². The first-order valence-corrected chi connectivity index (χ1v) is 6.30. The number of fused-ring (bicyclic) bond motifs is 1. The Balaban J connectivity index is 2.20. The van der Waals surface area contributed by atoms with Crippen LogP contribution >= 0.6 is 0 Å². The molecule has 0 aliphatic carbocycles. The highest BCUT2D eigenvalue weighted by Gasteiger charge is 2.38. The summed E-state index contributed by atoms with van der Waals surface area (Å²) in [5.41, 5.74) is 1.39. The molecule has 0 aromatic heterocycles. The lowest BCUT2D eigenvalue weighted by Crippen LogP contribution is -2.26. The fourth-order valence-electron chi connectivity index (χ4n) is 2.38. The molecule has 0 spiro atoms. The smallest absolute Gasteiger partial charge is 0.339 e. The van der Waals surface area contributed by atoms with Gasteiger partial charge >= 0.3 is 11.9 Å². The number of carbonyl (C=O) groups excluding carboxylic acids is 3. The summed E-state index contributed by atoms with van der Waals surface area (Å²) in [5, 5.41) is 0. The Morgan fingerprint density at radius 3 is 2.29 bits per heavy atom. The number of ketones is 1. The number of para-hydroxylation sites is 2. The number of carbonyl (C=O) groups is 3. The van der Waals surface area contributed by atoms with Crippen LogP contribution < -0.4 is 4.90 Å². The number of amides is 1. The van der Waals surface area contributed by atoms with E-state index in [9.17, 15) is 14.4 Å². The summed E-state index contributed by atoms with van der Waals surface area (Å²) in [4.78, 5) is 37.4. The third-order valence-corrected chi connectivity index (χ3v) is 3.34. The normalized spacial score (nSPS) is 13.3. The second-order valence-corrected chi connectivity index (χ2v) is 4.50. The maximum atomic E-state index is 12.3. The number of anilines is 2. The van der Waals surface area contributed by atoms with E-state index in [0.29, 0.717) is 16.9 Å². The van der Waals surface area contributed by atoms with E-state index in [1.807, 2.05) is 0 Å². The molecule has 21 heavy (non-hydrogen) atoms. The van der Waals surface area contributed by atoms with Gasteiger partial charge < -0.3 is 4.74 Å². The van der Waals surface area contributed by atoms with Crippen molar-refractivity contribution in [2.24, 2.45) is 0 Å². The number of esters is 1. The Morgan fingerprint density at radius 2 is 1.57 bits per heavy atom. The quantitative estimate of drug-likeness (QED) is 0.626. The van der Waals surface area contributed by atoms with E-state index in [4.69, 9.17) is 4.74 Å². The number of nitrogens with zero attached hydrogens (tertiary/aromatic N) is 1. The van der Waals surface area contributed by atoms with Gasteiger partial charge in [0.05, 0.1) is 29.6 Å². The molecule has 0 N–H and O–H groups in total. The highest BCUT2D eigenvalue weighted by atomic mass is 16.5. The minimum atomic E-state index is -0.674. The van der Waals surface area contributed by atoms with E-state index in [1.165, 1.54) is 12.0 Å². The molecule has 1 aliphatic heterocycles. The lowest BCUT2D eigenvalue weighted by atomic mass is 10.1. The molecule has 2 aromatic carbocycles. The molecule has 0 atom stereocenters. The van der Waals surface area contributed by atoms with Crippen LogP contribution in [0.5, 0.6) is 0 Å². The average molecular weight is 281 g/mol. The van der Waals surface area contributed by atoms with Crippen molar-refractivity contribution in [3.05, 3.63) is 59.7 Å². The van der Waals surface area contributed by atoms with Crippen molar-refractivity contribution in [2.45, 2.75) is 0 Å². The van der Waals surface area contributed by atoms with Crippen LogP contribution in [0.2, 0.25) is 0 Å². The zero-order chi connectivity index (χ0) is 15.0. The van der Waals surface area contributed by atoms with Crippen LogP contribution in [0.15, 0.2) is 48.5 Å². The molecule has 104 valence electrons. The summed E-state index contributed by atoms with van der Waals surface area (Å²) in [6, 6.07) is 13.2. The van der Waals surface area contributed by atoms with Crippen molar-refractivity contribution in [3.63, 3.8) is 0 Å². The van der Waals surface area contributed by atoms with Crippen molar-refractivity contribution >= 4 is 29.0 Å². The van der Waals surface area contributed by atoms with Gasteiger partial charge in [-0.15, -0.1) is 0 Å². The second-order valence-electron chi connectivity index (χ2n) is 4.50. The molecular weight excluding hydrogens is 270 g/mol. The van der Waals surface area contributed by atoms with Crippen molar-refractivity contribution in [1.29, 1.82) is 0 Å². The molecule has 0 radical (unpaired) electrons. The van der Waals surface area contributed by atoms with Gasteiger partial charge in [0.25, 0.3) is 5.78 Å². The van der Waals surface area contributed by atoms with Crippen LogP contribution in [0.25, 0.3) is 0 Å². The molecule has 0 saturated heterocycles. The van der Waals surface area contributed by atoms with Gasteiger partial charge in [0.15, 0.2) is 0 Å². The molecule has 1 aliphatic rings. The number of hydrogen-bond donors (Lipinski definition) is 0. The molecular formula is C16H11NO4. The summed E-state index contributed by atoms with van der Waals surface area (Å²) < 4.78 is 4.72. The van der Waals surface area contributed by atoms with Crippen LogP contribution in [0.3, 0.4) is 0 Å². The summed E-state index contributed by atoms with van der Waals surface area (Å²) in [7, 11) is 1.27. The van der Waals surface area contributed by atoms with E-state index < -0.39 is 17.7 Å². The van der Waals surface area contributed by atoms with Gasteiger partial charge in [-0.3, -0.25) is 14.5 Å². The number of rotatable bonds is 2. The Hall–Kier alpha value is -2.95. The Kier molecular flexibility index (Phi) is 3.02. The Bertz CT molecular complexity index is 766. The van der Waals surface area contributed by atoms with E-state index in [2.05, 4.69) is 0 Å².